The van der Waals surface area contributed by atoms with E-state index in [-0.39, 0.29) is 22.3 Å². The lowest BCUT2D eigenvalue weighted by Crippen LogP contribution is -2.13. The van der Waals surface area contributed by atoms with Crippen LogP contribution in [0.15, 0.2) is 71.7 Å². The van der Waals surface area contributed by atoms with Crippen molar-refractivity contribution in [1.29, 1.82) is 0 Å². The Balaban J connectivity index is 2.09. The van der Waals surface area contributed by atoms with Gasteiger partial charge in [-0.25, -0.2) is 0 Å². The van der Waals surface area contributed by atoms with Crippen LogP contribution in [0.4, 0.5) is 0 Å². The van der Waals surface area contributed by atoms with E-state index in [0.717, 1.165) is 11.8 Å². The highest BCUT2D eigenvalue weighted by Gasteiger charge is 2.17. The zero-order valence-electron chi connectivity index (χ0n) is 14.1. The second kappa shape index (κ2) is 6.78. The van der Waals surface area contributed by atoms with E-state index in [2.05, 4.69) is 4.98 Å². The first-order valence-electron chi connectivity index (χ1n) is 8.29. The Morgan fingerprint density at radius 1 is 1.00 bits per heavy atom. The Morgan fingerprint density at radius 3 is 2.52 bits per heavy atom. The summed E-state index contributed by atoms with van der Waals surface area (Å²) in [6, 6.07) is 16.8. The first kappa shape index (κ1) is 17.1. The van der Waals surface area contributed by atoms with Gasteiger partial charge in [0.05, 0.1) is 28.8 Å². The highest BCUT2D eigenvalue weighted by atomic mass is 35.5. The molecule has 6 heteroatoms. The van der Waals surface area contributed by atoms with E-state index >= 15 is 0 Å². The Kier molecular flexibility index (Phi) is 4.30. The maximum atomic E-state index is 12.7. The average Bonchev–Trinajstić information content (AvgIpc) is 2.64. The summed E-state index contributed by atoms with van der Waals surface area (Å²) in [6.45, 7) is 0.334. The molecular formula is C21H15ClN2O3. The largest absolute Gasteiger partial charge is 0.508 e. The number of hydrogen-bond donors (Lipinski definition) is 2. The van der Waals surface area contributed by atoms with Gasteiger partial charge in [-0.3, -0.25) is 9.78 Å². The molecule has 0 saturated carbocycles. The van der Waals surface area contributed by atoms with Crippen LogP contribution in [0, 0.1) is 0 Å². The van der Waals surface area contributed by atoms with Crippen molar-refractivity contribution in [3.63, 3.8) is 0 Å². The van der Waals surface area contributed by atoms with Gasteiger partial charge < -0.3 is 14.8 Å². The van der Waals surface area contributed by atoms with Crippen LogP contribution in [0.25, 0.3) is 22.2 Å². The van der Waals surface area contributed by atoms with Crippen LogP contribution in [-0.4, -0.2) is 19.8 Å². The first-order chi connectivity index (χ1) is 13.0. The van der Waals surface area contributed by atoms with Gasteiger partial charge >= 0.3 is 0 Å². The number of nitrogens with zero attached hydrogens (tertiary/aromatic N) is 2. The van der Waals surface area contributed by atoms with E-state index in [9.17, 15) is 15.0 Å². The molecule has 0 spiro atoms. The van der Waals surface area contributed by atoms with Crippen molar-refractivity contribution in [2.24, 2.45) is 0 Å². The molecule has 0 aliphatic carbocycles. The number of hydrogen-bond acceptors (Lipinski definition) is 4. The Bertz CT molecular complexity index is 1200. The van der Waals surface area contributed by atoms with E-state index in [4.69, 9.17) is 11.6 Å². The van der Waals surface area contributed by atoms with Gasteiger partial charge in [0.15, 0.2) is 5.43 Å². The summed E-state index contributed by atoms with van der Waals surface area (Å²) in [4.78, 5) is 17.1. The SMILES string of the molecule is O=c1cc(-c2ccccc2Cl)n(Cc2ccccn2)c2cc(O)cc(O)c12. The minimum atomic E-state index is -0.352. The molecule has 5 nitrogen and oxygen atoms in total. The predicted molar refractivity (Wildman–Crippen MR) is 105 cm³/mol. The standard InChI is InChI=1S/C21H15ClN2O3/c22-16-7-2-1-6-15(16)17-11-20(27)21-18(9-14(25)10-19(21)26)24(17)12-13-5-3-4-8-23-13/h1-11,25-26H,12H2. The van der Waals surface area contributed by atoms with Gasteiger partial charge in [0.25, 0.3) is 0 Å². The van der Waals surface area contributed by atoms with Crippen molar-refractivity contribution in [2.75, 3.05) is 0 Å². The van der Waals surface area contributed by atoms with Crippen LogP contribution in [0.3, 0.4) is 0 Å². The Hall–Kier alpha value is -3.31. The molecule has 0 unspecified atom stereocenters. The molecule has 0 aliphatic rings. The highest BCUT2D eigenvalue weighted by Crippen LogP contribution is 2.33. The summed E-state index contributed by atoms with van der Waals surface area (Å²) in [5, 5.41) is 20.9. The zero-order chi connectivity index (χ0) is 19.0. The molecule has 0 aliphatic heterocycles. The lowest BCUT2D eigenvalue weighted by atomic mass is 10.1. The fourth-order valence-electron chi connectivity index (χ4n) is 3.18. The topological polar surface area (TPSA) is 75.4 Å². The van der Waals surface area contributed by atoms with E-state index in [1.807, 2.05) is 41.0 Å². The summed E-state index contributed by atoms with van der Waals surface area (Å²) in [6.07, 6.45) is 1.68. The fourth-order valence-corrected chi connectivity index (χ4v) is 3.42. The van der Waals surface area contributed by atoms with E-state index in [1.165, 1.54) is 12.1 Å². The summed E-state index contributed by atoms with van der Waals surface area (Å²) >= 11 is 6.37. The van der Waals surface area contributed by atoms with Gasteiger partial charge in [-0.05, 0) is 18.2 Å². The molecule has 4 aromatic rings. The van der Waals surface area contributed by atoms with E-state index in [0.29, 0.717) is 28.3 Å². The van der Waals surface area contributed by atoms with Crippen molar-refractivity contribution >= 4 is 22.5 Å². The first-order valence-corrected chi connectivity index (χ1v) is 8.67. The zero-order valence-corrected chi connectivity index (χ0v) is 14.9. The van der Waals surface area contributed by atoms with Crippen molar-refractivity contribution < 1.29 is 10.2 Å². The fraction of sp³-hybridized carbons (Fsp3) is 0.0476. The molecule has 2 heterocycles. The second-order valence-corrected chi connectivity index (χ2v) is 6.55. The average molecular weight is 379 g/mol. The summed E-state index contributed by atoms with van der Waals surface area (Å²) in [5.74, 6) is -0.402. The lowest BCUT2D eigenvalue weighted by molar-refractivity contribution is 0.454. The highest BCUT2D eigenvalue weighted by molar-refractivity contribution is 6.33. The molecule has 0 amide bonds. The van der Waals surface area contributed by atoms with Gasteiger partial charge in [-0.1, -0.05) is 35.9 Å². The third-order valence-electron chi connectivity index (χ3n) is 4.37. The number of phenolic OH excluding ortho intramolecular Hbond substituents is 2. The van der Waals surface area contributed by atoms with Crippen LogP contribution in [0.1, 0.15) is 5.69 Å². The molecule has 27 heavy (non-hydrogen) atoms. The number of benzene rings is 2. The number of aromatic nitrogens is 2. The summed E-state index contributed by atoms with van der Waals surface area (Å²) < 4.78 is 1.82. The number of phenols is 2. The molecule has 4 rings (SSSR count). The molecule has 134 valence electrons. The third kappa shape index (κ3) is 3.13. The summed E-state index contributed by atoms with van der Waals surface area (Å²) in [5.41, 5.74) is 2.07. The number of rotatable bonds is 3. The second-order valence-electron chi connectivity index (χ2n) is 6.14. The number of fused-ring (bicyclic) bond motifs is 1. The maximum Gasteiger partial charge on any atom is 0.193 e. The molecule has 2 aromatic heterocycles. The number of halogens is 1. The van der Waals surface area contributed by atoms with Crippen LogP contribution in [0.5, 0.6) is 11.5 Å². The van der Waals surface area contributed by atoms with Crippen molar-refractivity contribution in [3.8, 4) is 22.8 Å². The van der Waals surface area contributed by atoms with Gasteiger partial charge in [0.1, 0.15) is 11.5 Å². The molecule has 0 radical (unpaired) electrons. The van der Waals surface area contributed by atoms with Gasteiger partial charge in [-0.15, -0.1) is 0 Å². The summed E-state index contributed by atoms with van der Waals surface area (Å²) in [7, 11) is 0. The molecule has 0 atom stereocenters. The van der Waals surface area contributed by atoms with Crippen molar-refractivity contribution in [3.05, 3.63) is 87.8 Å². The van der Waals surface area contributed by atoms with Crippen LogP contribution in [-0.2, 0) is 6.54 Å². The van der Waals surface area contributed by atoms with Crippen LogP contribution in [0.2, 0.25) is 5.02 Å². The third-order valence-corrected chi connectivity index (χ3v) is 4.70. The molecule has 0 saturated heterocycles. The van der Waals surface area contributed by atoms with Gasteiger partial charge in [0.2, 0.25) is 0 Å². The van der Waals surface area contributed by atoms with Crippen LogP contribution >= 0.6 is 11.6 Å². The minimum Gasteiger partial charge on any atom is -0.508 e. The number of aromatic hydroxyl groups is 2. The number of pyridine rings is 2. The molecule has 2 N–H and O–H groups in total. The van der Waals surface area contributed by atoms with E-state index in [1.54, 1.807) is 12.3 Å². The van der Waals surface area contributed by atoms with E-state index < -0.39 is 0 Å². The van der Waals surface area contributed by atoms with Crippen molar-refractivity contribution in [1.82, 2.24) is 9.55 Å². The smallest absolute Gasteiger partial charge is 0.193 e. The molecule has 0 fully saturated rings. The Morgan fingerprint density at radius 2 is 1.78 bits per heavy atom. The maximum absolute atomic E-state index is 12.7. The predicted octanol–water partition coefficient (Wildman–Crippen LogP) is 4.18. The van der Waals surface area contributed by atoms with Crippen molar-refractivity contribution in [2.45, 2.75) is 6.54 Å². The quantitative estimate of drug-likeness (QED) is 0.561. The van der Waals surface area contributed by atoms with Gasteiger partial charge in [-0.2, -0.15) is 0 Å². The van der Waals surface area contributed by atoms with Gasteiger partial charge in [0, 0.05) is 35.0 Å². The molecular weight excluding hydrogens is 364 g/mol. The monoisotopic (exact) mass is 378 g/mol. The normalized spacial score (nSPS) is 11.0. The lowest BCUT2D eigenvalue weighted by Gasteiger charge is -2.18. The molecule has 0 bridgehead atoms. The van der Waals surface area contributed by atoms with Crippen LogP contribution < -0.4 is 5.43 Å². The minimum absolute atomic E-state index is 0.134. The molecule has 2 aromatic carbocycles. The Labute approximate surface area is 159 Å².